The van der Waals surface area contributed by atoms with Gasteiger partial charge < -0.3 is 9.88 Å². The first-order chi connectivity index (χ1) is 7.84. The van der Waals surface area contributed by atoms with E-state index >= 15 is 0 Å². The van der Waals surface area contributed by atoms with Gasteiger partial charge in [-0.25, -0.2) is 0 Å². The molecule has 0 bridgehead atoms. The second kappa shape index (κ2) is 4.06. The summed E-state index contributed by atoms with van der Waals surface area (Å²) in [4.78, 5) is 11.8. The first-order valence-corrected chi connectivity index (χ1v) is 6.29. The fraction of sp³-hybridized carbons (Fsp3) is 0.615. The van der Waals surface area contributed by atoms with Gasteiger partial charge in [-0.15, -0.1) is 0 Å². The Kier molecular flexibility index (Phi) is 2.56. The molecule has 2 aliphatic rings. The summed E-state index contributed by atoms with van der Waals surface area (Å²) < 4.78 is 1.97. The average Bonchev–Trinajstić information content (AvgIpc) is 2.97. The molecule has 0 unspecified atom stereocenters. The van der Waals surface area contributed by atoms with E-state index in [1.165, 1.54) is 30.5 Å². The van der Waals surface area contributed by atoms with E-state index in [0.29, 0.717) is 0 Å². The predicted octanol–water partition coefficient (Wildman–Crippen LogP) is 1.09. The molecule has 1 aromatic heterocycles. The fourth-order valence-corrected chi connectivity index (χ4v) is 2.55. The van der Waals surface area contributed by atoms with Crippen molar-refractivity contribution in [2.75, 3.05) is 6.54 Å². The molecule has 0 radical (unpaired) electrons. The highest BCUT2D eigenvalue weighted by atomic mass is 16.1. The Balaban J connectivity index is 1.76. The normalized spacial score (nSPS) is 18.8. The third-order valence-corrected chi connectivity index (χ3v) is 3.60. The Bertz CT molecular complexity index is 446. The molecule has 3 heteroatoms. The van der Waals surface area contributed by atoms with E-state index < -0.39 is 0 Å². The molecule has 16 heavy (non-hydrogen) atoms. The molecule has 1 N–H and O–H groups in total. The summed E-state index contributed by atoms with van der Waals surface area (Å²) in [5, 5.41) is 3.46. The van der Waals surface area contributed by atoms with Crippen LogP contribution in [0.1, 0.15) is 30.5 Å². The summed E-state index contributed by atoms with van der Waals surface area (Å²) >= 11 is 0. The molecule has 1 saturated carbocycles. The predicted molar refractivity (Wildman–Crippen MR) is 63.8 cm³/mol. The van der Waals surface area contributed by atoms with Crippen LogP contribution in [-0.2, 0) is 19.4 Å². The van der Waals surface area contributed by atoms with Gasteiger partial charge in [0.1, 0.15) is 0 Å². The zero-order valence-electron chi connectivity index (χ0n) is 9.54. The third-order valence-electron chi connectivity index (χ3n) is 3.60. The largest absolute Gasteiger partial charge is 0.312 e. The Hall–Kier alpha value is -1.09. The van der Waals surface area contributed by atoms with Gasteiger partial charge in [-0.3, -0.25) is 4.79 Å². The first kappa shape index (κ1) is 10.1. The molecule has 3 nitrogen and oxygen atoms in total. The highest BCUT2D eigenvalue weighted by Crippen LogP contribution is 2.20. The molecule has 0 atom stereocenters. The van der Waals surface area contributed by atoms with Gasteiger partial charge in [-0.1, -0.05) is 6.07 Å². The van der Waals surface area contributed by atoms with Crippen LogP contribution < -0.4 is 10.9 Å². The number of fused-ring (bicyclic) bond motifs is 1. The molecule has 0 aromatic carbocycles. The van der Waals surface area contributed by atoms with Crippen LogP contribution in [-0.4, -0.2) is 17.2 Å². The van der Waals surface area contributed by atoms with E-state index in [4.69, 9.17) is 0 Å². The van der Waals surface area contributed by atoms with Crippen LogP contribution in [0.5, 0.6) is 0 Å². The highest BCUT2D eigenvalue weighted by molar-refractivity contribution is 5.25. The molecular weight excluding hydrogens is 200 g/mol. The SMILES string of the molecule is O=c1ccc2c(n1CCNC1CC1)CCC2. The number of aromatic nitrogens is 1. The number of rotatable bonds is 4. The number of hydrogen-bond donors (Lipinski definition) is 1. The zero-order chi connectivity index (χ0) is 11.0. The number of nitrogens with zero attached hydrogens (tertiary/aromatic N) is 1. The number of pyridine rings is 1. The number of hydrogen-bond acceptors (Lipinski definition) is 2. The molecule has 0 saturated heterocycles. The molecule has 0 spiro atoms. The number of nitrogens with one attached hydrogen (secondary N) is 1. The Morgan fingerprint density at radius 2 is 2.19 bits per heavy atom. The van der Waals surface area contributed by atoms with E-state index in [9.17, 15) is 4.79 Å². The van der Waals surface area contributed by atoms with Crippen LogP contribution in [0, 0.1) is 0 Å². The van der Waals surface area contributed by atoms with Crippen LogP contribution >= 0.6 is 0 Å². The van der Waals surface area contributed by atoms with Crippen LogP contribution in [0.25, 0.3) is 0 Å². The van der Waals surface area contributed by atoms with E-state index in [1.807, 2.05) is 10.6 Å². The van der Waals surface area contributed by atoms with Crippen molar-refractivity contribution in [2.24, 2.45) is 0 Å². The topological polar surface area (TPSA) is 34.0 Å². The van der Waals surface area contributed by atoms with E-state index in [0.717, 1.165) is 32.0 Å². The van der Waals surface area contributed by atoms with Gasteiger partial charge in [-0.2, -0.15) is 0 Å². The van der Waals surface area contributed by atoms with E-state index in [-0.39, 0.29) is 5.56 Å². The fourth-order valence-electron chi connectivity index (χ4n) is 2.55. The van der Waals surface area contributed by atoms with Gasteiger partial charge in [0.2, 0.25) is 0 Å². The Labute approximate surface area is 95.5 Å². The van der Waals surface area contributed by atoms with Crippen LogP contribution in [0.2, 0.25) is 0 Å². The van der Waals surface area contributed by atoms with E-state index in [2.05, 4.69) is 5.32 Å². The maximum Gasteiger partial charge on any atom is 0.250 e. The van der Waals surface area contributed by atoms with Gasteiger partial charge in [0.25, 0.3) is 5.56 Å². The van der Waals surface area contributed by atoms with Gasteiger partial charge in [0, 0.05) is 30.9 Å². The molecular formula is C13H18N2O. The van der Waals surface area contributed by atoms with Crippen molar-refractivity contribution in [1.29, 1.82) is 0 Å². The van der Waals surface area contributed by atoms with Crippen molar-refractivity contribution >= 4 is 0 Å². The minimum atomic E-state index is 0.165. The molecule has 1 heterocycles. The summed E-state index contributed by atoms with van der Waals surface area (Å²) in [6.45, 7) is 1.76. The summed E-state index contributed by atoms with van der Waals surface area (Å²) in [5.74, 6) is 0. The standard InChI is InChI=1S/C13H18N2O/c16-13-7-4-10-2-1-3-12(10)15(13)9-8-14-11-5-6-11/h4,7,11,14H,1-3,5-6,8-9H2. The van der Waals surface area contributed by atoms with Gasteiger partial charge in [0.15, 0.2) is 0 Å². The van der Waals surface area contributed by atoms with Crippen molar-refractivity contribution in [3.8, 4) is 0 Å². The maximum atomic E-state index is 11.8. The van der Waals surface area contributed by atoms with Crippen LogP contribution in [0.3, 0.4) is 0 Å². The molecule has 0 amide bonds. The molecule has 86 valence electrons. The molecule has 2 aliphatic carbocycles. The zero-order valence-corrected chi connectivity index (χ0v) is 9.54. The molecule has 0 aliphatic heterocycles. The van der Waals surface area contributed by atoms with E-state index in [1.54, 1.807) is 6.07 Å². The minimum absolute atomic E-state index is 0.165. The van der Waals surface area contributed by atoms with Crippen molar-refractivity contribution in [3.05, 3.63) is 33.7 Å². The van der Waals surface area contributed by atoms with Crippen molar-refractivity contribution in [3.63, 3.8) is 0 Å². The van der Waals surface area contributed by atoms with Gasteiger partial charge >= 0.3 is 0 Å². The summed E-state index contributed by atoms with van der Waals surface area (Å²) in [6, 6.07) is 4.46. The maximum absolute atomic E-state index is 11.8. The quantitative estimate of drug-likeness (QED) is 0.821. The highest BCUT2D eigenvalue weighted by Gasteiger charge is 2.20. The second-order valence-corrected chi connectivity index (χ2v) is 4.88. The molecule has 3 rings (SSSR count). The third kappa shape index (κ3) is 1.92. The van der Waals surface area contributed by atoms with Gasteiger partial charge in [-0.05, 0) is 37.7 Å². The Morgan fingerprint density at radius 1 is 1.31 bits per heavy atom. The lowest BCUT2D eigenvalue weighted by Gasteiger charge is -2.12. The van der Waals surface area contributed by atoms with Crippen LogP contribution in [0.4, 0.5) is 0 Å². The lowest BCUT2D eigenvalue weighted by Crippen LogP contribution is -2.29. The lowest BCUT2D eigenvalue weighted by atomic mass is 10.2. The monoisotopic (exact) mass is 218 g/mol. The van der Waals surface area contributed by atoms with Crippen molar-refractivity contribution < 1.29 is 0 Å². The molecule has 1 aromatic rings. The van der Waals surface area contributed by atoms with Gasteiger partial charge in [0.05, 0.1) is 0 Å². The first-order valence-electron chi connectivity index (χ1n) is 6.29. The smallest absolute Gasteiger partial charge is 0.250 e. The Morgan fingerprint density at radius 3 is 3.00 bits per heavy atom. The molecule has 1 fully saturated rings. The summed E-state index contributed by atoms with van der Waals surface area (Å²) in [7, 11) is 0. The van der Waals surface area contributed by atoms with Crippen molar-refractivity contribution in [2.45, 2.75) is 44.7 Å². The van der Waals surface area contributed by atoms with Crippen molar-refractivity contribution in [1.82, 2.24) is 9.88 Å². The summed E-state index contributed by atoms with van der Waals surface area (Å²) in [6.07, 6.45) is 6.04. The minimum Gasteiger partial charge on any atom is -0.312 e. The van der Waals surface area contributed by atoms with Crippen LogP contribution in [0.15, 0.2) is 16.9 Å². The lowest BCUT2D eigenvalue weighted by molar-refractivity contribution is 0.567. The number of aryl methyl sites for hydroxylation is 1. The summed E-state index contributed by atoms with van der Waals surface area (Å²) in [5.41, 5.74) is 2.83. The second-order valence-electron chi connectivity index (χ2n) is 4.88. The average molecular weight is 218 g/mol.